The average molecular weight is 225 g/mol. The fourth-order valence-corrected chi connectivity index (χ4v) is 0. The molecule has 0 bridgehead atoms. The van der Waals surface area contributed by atoms with Crippen molar-refractivity contribution in [3.05, 3.63) is 0 Å². The Morgan fingerprint density at radius 1 is 1.50 bits per heavy atom. The maximum atomic E-state index is 2.11. The van der Waals surface area contributed by atoms with E-state index in [1.165, 1.54) is 21.3 Å². The molecule has 0 aliphatic rings. The van der Waals surface area contributed by atoms with Crippen molar-refractivity contribution in [1.29, 1.82) is 0 Å². The third kappa shape index (κ3) is 15.9. The zero-order valence-corrected chi connectivity index (χ0v) is 6.11. The van der Waals surface area contributed by atoms with Crippen molar-refractivity contribution in [1.82, 2.24) is 3.30 Å². The molecule has 0 radical (unpaired) electrons. The Morgan fingerprint density at radius 2 is 1.50 bits per heavy atom. The molecule has 0 heterocycles. The van der Waals surface area contributed by atoms with E-state index >= 15 is 0 Å². The third-order valence-electron chi connectivity index (χ3n) is 0. The molecule has 0 aliphatic carbocycles. The molecule has 2 heteroatoms. The number of hydrogen-bond donors (Lipinski definition) is 0. The van der Waals surface area contributed by atoms with E-state index in [4.69, 9.17) is 0 Å². The molecule has 0 fully saturated rings. The molecule has 0 N–H and O–H groups in total. The second-order valence-electron chi connectivity index (χ2n) is 0.847. The molecular weight excluding hydrogens is 219 g/mol. The van der Waals surface area contributed by atoms with Crippen LogP contribution in [0, 0.1) is 0 Å². The van der Waals surface area contributed by atoms with Crippen LogP contribution in [0.2, 0.25) is 0 Å². The molecule has 0 amide bonds. The van der Waals surface area contributed by atoms with Gasteiger partial charge in [0.05, 0.1) is 0 Å². The maximum absolute atomic E-state index is 2.11. The van der Waals surface area contributed by atoms with Crippen LogP contribution >= 0.6 is 0 Å². The van der Waals surface area contributed by atoms with E-state index < -0.39 is 0 Å². The van der Waals surface area contributed by atoms with Crippen molar-refractivity contribution in [3.8, 4) is 0 Å². The zero-order chi connectivity index (χ0) is 3.58. The van der Waals surface area contributed by atoms with Crippen LogP contribution in [0.15, 0.2) is 0 Å². The van der Waals surface area contributed by atoms with Gasteiger partial charge in [-0.25, -0.2) is 0 Å². The van der Waals surface area contributed by atoms with E-state index in [0.29, 0.717) is 0 Å². The van der Waals surface area contributed by atoms with Gasteiger partial charge < -0.3 is 0 Å². The Bertz CT molecular complexity index is 10.8. The summed E-state index contributed by atoms with van der Waals surface area (Å²) in [6.07, 6.45) is 0. The summed E-state index contributed by atoms with van der Waals surface area (Å²) in [5.74, 6) is 0. The monoisotopic (exact) mass is 225 g/mol. The van der Waals surface area contributed by atoms with Gasteiger partial charge in [-0.15, -0.1) is 0 Å². The van der Waals surface area contributed by atoms with Gasteiger partial charge in [-0.3, -0.25) is 0 Å². The molecule has 0 spiro atoms. The molecule has 0 atom stereocenters. The van der Waals surface area contributed by atoms with E-state index in [1.54, 1.807) is 0 Å². The molecule has 0 saturated heterocycles. The quantitative estimate of drug-likeness (QED) is 0.561. The van der Waals surface area contributed by atoms with Crippen molar-refractivity contribution in [2.45, 2.75) is 0 Å². The van der Waals surface area contributed by atoms with Crippen molar-refractivity contribution < 1.29 is 21.3 Å². The Hall–Kier alpha value is 0.700. The number of hydrogen-bond acceptors (Lipinski definition) is 1. The van der Waals surface area contributed by atoms with E-state index in [1.807, 2.05) is 14.1 Å². The van der Waals surface area contributed by atoms with Crippen LogP contribution in [-0.4, -0.2) is 17.4 Å². The molecule has 24 valence electrons. The first-order valence-corrected chi connectivity index (χ1v) is 2.53. The van der Waals surface area contributed by atoms with Crippen molar-refractivity contribution in [2.24, 2.45) is 0 Å². The molecule has 0 aliphatic heterocycles. The van der Waals surface area contributed by atoms with Crippen LogP contribution in [0.25, 0.3) is 0 Å². The topological polar surface area (TPSA) is 3.24 Å². The average Bonchev–Trinajstić information content (AvgIpc) is 0.811. The second kappa shape index (κ2) is 1.97. The van der Waals surface area contributed by atoms with Crippen molar-refractivity contribution >= 4 is 0 Å². The van der Waals surface area contributed by atoms with E-state index in [0.717, 1.165) is 0 Å². The Balaban J connectivity index is 2.32. The molecule has 4 heavy (non-hydrogen) atoms. The van der Waals surface area contributed by atoms with Crippen LogP contribution in [0.4, 0.5) is 0 Å². The predicted octanol–water partition coefficient (Wildman–Crippen LogP) is 0.00980. The first-order valence-electron chi connectivity index (χ1n) is 1.09. The van der Waals surface area contributed by atoms with Gasteiger partial charge in [0.1, 0.15) is 0 Å². The van der Waals surface area contributed by atoms with Gasteiger partial charge in [0, 0.05) is 0 Å². The van der Waals surface area contributed by atoms with Gasteiger partial charge in [0.2, 0.25) is 0 Å². The summed E-state index contributed by atoms with van der Waals surface area (Å²) in [4.78, 5) is 0. The molecule has 0 unspecified atom stereocenters. The first-order chi connectivity index (χ1) is 1.73. The van der Waals surface area contributed by atoms with Gasteiger partial charge in [0.25, 0.3) is 0 Å². The minimum absolute atomic E-state index is 1.35. The van der Waals surface area contributed by atoms with Gasteiger partial charge in [-0.1, -0.05) is 0 Å². The van der Waals surface area contributed by atoms with Crippen LogP contribution in [0.1, 0.15) is 0 Å². The van der Waals surface area contributed by atoms with Crippen molar-refractivity contribution in [3.63, 3.8) is 0 Å². The van der Waals surface area contributed by atoms with E-state index in [9.17, 15) is 0 Å². The predicted molar refractivity (Wildman–Crippen MR) is 13.7 cm³/mol. The number of rotatable bonds is 0. The van der Waals surface area contributed by atoms with Gasteiger partial charge in [0.15, 0.2) is 0 Å². The van der Waals surface area contributed by atoms with Crippen molar-refractivity contribution in [2.75, 3.05) is 14.1 Å². The van der Waals surface area contributed by atoms with E-state index in [-0.39, 0.29) is 0 Å². The summed E-state index contributed by atoms with van der Waals surface area (Å²) < 4.78 is 2.11. The summed E-state index contributed by atoms with van der Waals surface area (Å²) in [6, 6.07) is 0. The Morgan fingerprint density at radius 3 is 1.50 bits per heavy atom. The zero-order valence-electron chi connectivity index (χ0n) is 2.89. The summed E-state index contributed by atoms with van der Waals surface area (Å²) in [5, 5.41) is 0. The van der Waals surface area contributed by atoms with Crippen LogP contribution in [-0.2, 0) is 21.3 Å². The molecule has 0 saturated carbocycles. The number of nitrogens with zero attached hydrogens (tertiary/aromatic N) is 1. The van der Waals surface area contributed by atoms with E-state index in [2.05, 4.69) is 3.30 Å². The Kier molecular flexibility index (Phi) is 2.32. The summed E-state index contributed by atoms with van der Waals surface area (Å²) in [5.41, 5.74) is 0. The fourth-order valence-electron chi connectivity index (χ4n) is 0. The standard InChI is InChI=1S/C2H6N.Ta/c1-3-2;/h1-2H3;/q-1;+1. The second-order valence-corrected chi connectivity index (χ2v) is 3.72. The van der Waals surface area contributed by atoms with Crippen LogP contribution in [0.3, 0.4) is 0 Å². The molecule has 1 nitrogen and oxygen atoms in total. The Labute approximate surface area is 39.2 Å². The molecule has 0 rings (SSSR count). The van der Waals surface area contributed by atoms with Crippen LogP contribution < -0.4 is 0 Å². The summed E-state index contributed by atoms with van der Waals surface area (Å²) in [7, 11) is 4.10. The van der Waals surface area contributed by atoms with Gasteiger partial charge in [-0.2, -0.15) is 0 Å². The normalized spacial score (nSPS) is 8.75. The first kappa shape index (κ1) is 4.70. The van der Waals surface area contributed by atoms with Crippen LogP contribution in [0.5, 0.6) is 0 Å². The molecular formula is C2H6NTa. The minimum atomic E-state index is 1.35. The van der Waals surface area contributed by atoms with Gasteiger partial charge >= 0.3 is 38.7 Å². The summed E-state index contributed by atoms with van der Waals surface area (Å²) >= 11 is 1.35. The molecule has 0 aromatic rings. The third-order valence-corrected chi connectivity index (χ3v) is 0. The SMILES string of the molecule is C[N](C)[Ta]. The van der Waals surface area contributed by atoms with Gasteiger partial charge in [-0.05, 0) is 0 Å². The molecule has 0 aromatic carbocycles. The fraction of sp³-hybridized carbons (Fsp3) is 1.00. The molecule has 0 aromatic heterocycles. The summed E-state index contributed by atoms with van der Waals surface area (Å²) in [6.45, 7) is 0.